The van der Waals surface area contributed by atoms with Crippen LogP contribution in [0.25, 0.3) is 0 Å². The zero-order chi connectivity index (χ0) is 18.6. The molecule has 1 saturated carbocycles. The van der Waals surface area contributed by atoms with Gasteiger partial charge in [0.1, 0.15) is 6.54 Å². The van der Waals surface area contributed by atoms with Gasteiger partial charge in [0.15, 0.2) is 0 Å². The van der Waals surface area contributed by atoms with Crippen molar-refractivity contribution in [3.8, 4) is 0 Å². The van der Waals surface area contributed by atoms with Gasteiger partial charge < -0.3 is 20.3 Å². The molecule has 0 unspecified atom stereocenters. The number of carbonyl (C=O) groups excluding carboxylic acids is 2. The Labute approximate surface area is 156 Å². The van der Waals surface area contributed by atoms with E-state index in [9.17, 15) is 19.6 Å². The molecule has 1 aliphatic carbocycles. The molecule has 1 aromatic carbocycles. The Morgan fingerprint density at radius 2 is 2.04 bits per heavy atom. The van der Waals surface area contributed by atoms with E-state index in [0.29, 0.717) is 15.6 Å². The van der Waals surface area contributed by atoms with Gasteiger partial charge in [0.25, 0.3) is 0 Å². The maximum Gasteiger partial charge on any atom is 0.475 e. The van der Waals surface area contributed by atoms with Crippen molar-refractivity contribution < 1.29 is 19.6 Å². The van der Waals surface area contributed by atoms with Crippen molar-refractivity contribution in [2.24, 2.45) is 0 Å². The van der Waals surface area contributed by atoms with Crippen LogP contribution in [0.15, 0.2) is 30.9 Å². The van der Waals surface area contributed by atoms with Gasteiger partial charge in [0.2, 0.25) is 11.8 Å². The van der Waals surface area contributed by atoms with Gasteiger partial charge >= 0.3 is 7.12 Å². The molecular weight excluding hydrogens is 366 g/mol. The quantitative estimate of drug-likeness (QED) is 0.464. The standard InChI is InChI=1S/C16H19BCl2N2O4/c1-2-16(23)21(11-4-5-11)9-15(22)20-14(17(24)25)8-10-3-6-12(18)13(19)7-10/h2-3,6-7,11,14,24-25H,1,4-5,8-9H2,(H,20,22)/t14-/m0/s1. The summed E-state index contributed by atoms with van der Waals surface area (Å²) in [5.41, 5.74) is 0.689. The van der Waals surface area contributed by atoms with Crippen molar-refractivity contribution in [3.05, 3.63) is 46.5 Å². The first-order valence-corrected chi connectivity index (χ1v) is 8.60. The van der Waals surface area contributed by atoms with Crippen LogP contribution < -0.4 is 5.32 Å². The van der Waals surface area contributed by atoms with E-state index >= 15 is 0 Å². The molecule has 134 valence electrons. The SMILES string of the molecule is C=CC(=O)N(CC(=O)N[C@@H](Cc1ccc(Cl)c(Cl)c1)B(O)O)C1CC1. The zero-order valence-corrected chi connectivity index (χ0v) is 15.0. The number of hydrogen-bond donors (Lipinski definition) is 3. The molecule has 1 aromatic rings. The molecule has 9 heteroatoms. The van der Waals surface area contributed by atoms with Crippen LogP contribution in [0.4, 0.5) is 0 Å². The Kier molecular flexibility index (Phi) is 6.90. The van der Waals surface area contributed by atoms with E-state index in [1.165, 1.54) is 11.0 Å². The van der Waals surface area contributed by atoms with E-state index in [1.807, 2.05) is 0 Å². The fourth-order valence-corrected chi connectivity index (χ4v) is 2.77. The first kappa shape index (κ1) is 19.8. The van der Waals surface area contributed by atoms with E-state index in [0.717, 1.165) is 12.8 Å². The van der Waals surface area contributed by atoms with Crippen LogP contribution in [0.2, 0.25) is 10.0 Å². The monoisotopic (exact) mass is 384 g/mol. The summed E-state index contributed by atoms with van der Waals surface area (Å²) in [4.78, 5) is 25.5. The van der Waals surface area contributed by atoms with E-state index in [4.69, 9.17) is 23.2 Å². The van der Waals surface area contributed by atoms with E-state index in [2.05, 4.69) is 11.9 Å². The third kappa shape index (κ3) is 5.75. The molecule has 0 aromatic heterocycles. The number of nitrogens with one attached hydrogen (secondary N) is 1. The average molecular weight is 385 g/mol. The molecule has 3 N–H and O–H groups in total. The highest BCUT2D eigenvalue weighted by atomic mass is 35.5. The number of benzene rings is 1. The zero-order valence-electron chi connectivity index (χ0n) is 13.5. The Morgan fingerprint density at radius 1 is 1.36 bits per heavy atom. The fourth-order valence-electron chi connectivity index (χ4n) is 2.45. The molecular formula is C16H19BCl2N2O4. The van der Waals surface area contributed by atoms with Crippen molar-refractivity contribution in [2.45, 2.75) is 31.2 Å². The molecule has 2 amide bonds. The summed E-state index contributed by atoms with van der Waals surface area (Å²) in [6.07, 6.45) is 3.02. The molecule has 0 saturated heterocycles. The number of halogens is 2. The summed E-state index contributed by atoms with van der Waals surface area (Å²) in [5.74, 6) is -1.73. The summed E-state index contributed by atoms with van der Waals surface area (Å²) in [5, 5.41) is 22.4. The topological polar surface area (TPSA) is 89.9 Å². The Hall–Kier alpha value is -1.54. The molecule has 2 rings (SSSR count). The van der Waals surface area contributed by atoms with Crippen LogP contribution in [0.1, 0.15) is 18.4 Å². The first-order valence-electron chi connectivity index (χ1n) is 7.84. The molecule has 1 atom stereocenters. The Balaban J connectivity index is 1.99. The summed E-state index contributed by atoms with van der Waals surface area (Å²) in [7, 11) is -1.76. The number of hydrogen-bond acceptors (Lipinski definition) is 4. The van der Waals surface area contributed by atoms with Crippen LogP contribution in [0.5, 0.6) is 0 Å². The number of rotatable bonds is 8. The highest BCUT2D eigenvalue weighted by molar-refractivity contribution is 6.44. The van der Waals surface area contributed by atoms with E-state index in [1.54, 1.807) is 18.2 Å². The second-order valence-electron chi connectivity index (χ2n) is 5.94. The lowest BCUT2D eigenvalue weighted by molar-refractivity contribution is -0.133. The van der Waals surface area contributed by atoms with Crippen LogP contribution in [-0.4, -0.2) is 52.4 Å². The lowest BCUT2D eigenvalue weighted by atomic mass is 9.76. The molecule has 1 aliphatic rings. The molecule has 0 spiro atoms. The summed E-state index contributed by atoms with van der Waals surface area (Å²) in [6.45, 7) is 3.28. The van der Waals surface area contributed by atoms with Gasteiger partial charge in [-0.3, -0.25) is 9.59 Å². The molecule has 0 bridgehead atoms. The predicted octanol–water partition coefficient (Wildman–Crippen LogP) is 1.21. The minimum absolute atomic E-state index is 0.0452. The number of amides is 2. The molecule has 0 aliphatic heterocycles. The average Bonchev–Trinajstić information content (AvgIpc) is 3.39. The van der Waals surface area contributed by atoms with E-state index in [-0.39, 0.29) is 24.9 Å². The summed E-state index contributed by atoms with van der Waals surface area (Å²) < 4.78 is 0. The van der Waals surface area contributed by atoms with Gasteiger partial charge in [0, 0.05) is 6.04 Å². The second-order valence-corrected chi connectivity index (χ2v) is 6.76. The lowest BCUT2D eigenvalue weighted by Gasteiger charge is -2.23. The second kappa shape index (κ2) is 8.71. The largest absolute Gasteiger partial charge is 0.475 e. The van der Waals surface area contributed by atoms with Gasteiger partial charge in [-0.2, -0.15) is 0 Å². The molecule has 0 heterocycles. The van der Waals surface area contributed by atoms with Gasteiger partial charge in [-0.05, 0) is 43.0 Å². The minimum atomic E-state index is -1.76. The molecule has 25 heavy (non-hydrogen) atoms. The smallest absolute Gasteiger partial charge is 0.426 e. The van der Waals surface area contributed by atoms with Crippen molar-refractivity contribution in [3.63, 3.8) is 0 Å². The van der Waals surface area contributed by atoms with Crippen molar-refractivity contribution in [1.82, 2.24) is 10.2 Å². The lowest BCUT2D eigenvalue weighted by Crippen LogP contribution is -2.51. The van der Waals surface area contributed by atoms with Crippen molar-refractivity contribution in [2.75, 3.05) is 6.54 Å². The summed E-state index contributed by atoms with van der Waals surface area (Å²) >= 11 is 11.8. The Bertz CT molecular complexity index is 668. The van der Waals surface area contributed by atoms with Gasteiger partial charge in [-0.25, -0.2) is 0 Å². The minimum Gasteiger partial charge on any atom is -0.426 e. The highest BCUT2D eigenvalue weighted by Crippen LogP contribution is 2.27. The van der Waals surface area contributed by atoms with E-state index < -0.39 is 19.0 Å². The maximum absolute atomic E-state index is 12.2. The van der Waals surface area contributed by atoms with Crippen LogP contribution in [-0.2, 0) is 16.0 Å². The van der Waals surface area contributed by atoms with Gasteiger partial charge in [-0.1, -0.05) is 35.8 Å². The molecule has 0 radical (unpaired) electrons. The number of nitrogens with zero attached hydrogens (tertiary/aromatic N) is 1. The highest BCUT2D eigenvalue weighted by Gasteiger charge is 2.34. The number of carbonyl (C=O) groups is 2. The van der Waals surface area contributed by atoms with Gasteiger partial charge in [-0.15, -0.1) is 0 Å². The maximum atomic E-state index is 12.2. The summed E-state index contributed by atoms with van der Waals surface area (Å²) in [6, 6.07) is 4.93. The van der Waals surface area contributed by atoms with Crippen LogP contribution in [0, 0.1) is 0 Å². The molecule has 6 nitrogen and oxygen atoms in total. The van der Waals surface area contributed by atoms with Crippen molar-refractivity contribution >= 4 is 42.1 Å². The predicted molar refractivity (Wildman–Crippen MR) is 97.2 cm³/mol. The Morgan fingerprint density at radius 3 is 2.56 bits per heavy atom. The van der Waals surface area contributed by atoms with Crippen LogP contribution in [0.3, 0.4) is 0 Å². The third-order valence-corrected chi connectivity index (χ3v) is 4.64. The van der Waals surface area contributed by atoms with Crippen LogP contribution >= 0.6 is 23.2 Å². The van der Waals surface area contributed by atoms with Gasteiger partial charge in [0.05, 0.1) is 16.0 Å². The fraction of sp³-hybridized carbons (Fsp3) is 0.375. The molecule has 1 fully saturated rings. The third-order valence-electron chi connectivity index (χ3n) is 3.91. The first-order chi connectivity index (χ1) is 11.8. The van der Waals surface area contributed by atoms with Crippen molar-refractivity contribution in [1.29, 1.82) is 0 Å². The normalized spacial score (nSPS) is 14.6.